The van der Waals surface area contributed by atoms with Crippen molar-refractivity contribution in [1.82, 2.24) is 0 Å². The molecule has 0 heterocycles. The van der Waals surface area contributed by atoms with Gasteiger partial charge in [0, 0.05) is 5.56 Å². The van der Waals surface area contributed by atoms with Gasteiger partial charge in [-0.05, 0) is 16.5 Å². The first-order chi connectivity index (χ1) is 8.00. The lowest BCUT2D eigenvalue weighted by Gasteiger charge is -2.21. The Hall–Kier alpha value is -1.63. The van der Waals surface area contributed by atoms with Crippen molar-refractivity contribution >= 4 is 0 Å². The molecule has 0 N–H and O–H groups in total. The van der Waals surface area contributed by atoms with Crippen LogP contribution in [0.3, 0.4) is 0 Å². The van der Waals surface area contributed by atoms with E-state index in [-0.39, 0.29) is 11.2 Å². The van der Waals surface area contributed by atoms with E-state index in [0.717, 1.165) is 11.1 Å². The molecule has 0 aliphatic heterocycles. The Bertz CT molecular complexity index is 507. The number of rotatable bonds is 1. The quantitative estimate of drug-likeness (QED) is 0.658. The Balaban J connectivity index is 2.58. The van der Waals surface area contributed by atoms with Gasteiger partial charge in [0.2, 0.25) is 0 Å². The Kier molecular flexibility index (Phi) is 3.01. The Morgan fingerprint density at radius 1 is 0.824 bits per heavy atom. The van der Waals surface area contributed by atoms with Crippen LogP contribution in [0.4, 0.5) is 4.39 Å². The lowest BCUT2D eigenvalue weighted by atomic mass is 9.85. The molecular weight excluding hydrogens is 211 g/mol. The first kappa shape index (κ1) is 11.8. The average molecular weight is 228 g/mol. The molecule has 0 amide bonds. The highest BCUT2D eigenvalue weighted by Gasteiger charge is 2.20. The van der Waals surface area contributed by atoms with Gasteiger partial charge in [0.05, 0.1) is 0 Å². The highest BCUT2D eigenvalue weighted by atomic mass is 19.1. The van der Waals surface area contributed by atoms with Crippen molar-refractivity contribution in [2.75, 3.05) is 0 Å². The predicted octanol–water partition coefficient (Wildman–Crippen LogP) is 4.79. The Morgan fingerprint density at radius 3 is 2.06 bits per heavy atom. The van der Waals surface area contributed by atoms with Gasteiger partial charge in [-0.15, -0.1) is 0 Å². The zero-order valence-corrected chi connectivity index (χ0v) is 10.5. The summed E-state index contributed by atoms with van der Waals surface area (Å²) in [5, 5.41) is 0. The molecule has 0 aliphatic carbocycles. The van der Waals surface area contributed by atoms with Crippen LogP contribution in [0.25, 0.3) is 11.1 Å². The van der Waals surface area contributed by atoms with Crippen LogP contribution in [0.15, 0.2) is 48.5 Å². The van der Waals surface area contributed by atoms with Crippen molar-refractivity contribution in [2.24, 2.45) is 0 Å². The van der Waals surface area contributed by atoms with E-state index >= 15 is 0 Å². The second kappa shape index (κ2) is 4.33. The van der Waals surface area contributed by atoms with Gasteiger partial charge in [0.15, 0.2) is 0 Å². The molecule has 0 bridgehead atoms. The SMILES string of the molecule is CC(C)(C)c1cccc(-c2ccccc2)c1F. The molecule has 2 rings (SSSR count). The first-order valence-electron chi connectivity index (χ1n) is 5.84. The Morgan fingerprint density at radius 2 is 1.47 bits per heavy atom. The van der Waals surface area contributed by atoms with E-state index in [1.807, 2.05) is 69.3 Å². The van der Waals surface area contributed by atoms with E-state index in [4.69, 9.17) is 0 Å². The van der Waals surface area contributed by atoms with Crippen LogP contribution in [0.5, 0.6) is 0 Å². The molecule has 0 aliphatic rings. The molecule has 0 radical (unpaired) electrons. The molecule has 0 spiro atoms. The van der Waals surface area contributed by atoms with E-state index in [1.54, 1.807) is 0 Å². The number of halogens is 1. The molecule has 0 saturated carbocycles. The highest BCUT2D eigenvalue weighted by Crippen LogP contribution is 2.31. The van der Waals surface area contributed by atoms with E-state index in [9.17, 15) is 4.39 Å². The summed E-state index contributed by atoms with van der Waals surface area (Å²) in [5.41, 5.74) is 2.20. The molecule has 17 heavy (non-hydrogen) atoms. The van der Waals surface area contributed by atoms with Crippen LogP contribution in [0.1, 0.15) is 26.3 Å². The van der Waals surface area contributed by atoms with Crippen molar-refractivity contribution in [3.63, 3.8) is 0 Å². The van der Waals surface area contributed by atoms with Gasteiger partial charge in [-0.1, -0.05) is 69.3 Å². The fourth-order valence-electron chi connectivity index (χ4n) is 1.95. The summed E-state index contributed by atoms with van der Waals surface area (Å²) in [5.74, 6) is -0.105. The maximum atomic E-state index is 14.5. The average Bonchev–Trinajstić information content (AvgIpc) is 2.29. The summed E-state index contributed by atoms with van der Waals surface area (Å²) in [6.45, 7) is 6.08. The summed E-state index contributed by atoms with van der Waals surface area (Å²) >= 11 is 0. The maximum absolute atomic E-state index is 14.5. The van der Waals surface area contributed by atoms with Gasteiger partial charge in [0.1, 0.15) is 5.82 Å². The molecule has 2 aromatic rings. The summed E-state index contributed by atoms with van der Waals surface area (Å²) in [6.07, 6.45) is 0. The van der Waals surface area contributed by atoms with E-state index < -0.39 is 0 Å². The second-order valence-electron chi connectivity index (χ2n) is 5.28. The minimum absolute atomic E-state index is 0.105. The van der Waals surface area contributed by atoms with Crippen molar-refractivity contribution in [2.45, 2.75) is 26.2 Å². The van der Waals surface area contributed by atoms with Crippen molar-refractivity contribution in [3.8, 4) is 11.1 Å². The van der Waals surface area contributed by atoms with Crippen LogP contribution in [-0.4, -0.2) is 0 Å². The molecular formula is C16H17F. The largest absolute Gasteiger partial charge is 0.206 e. The molecule has 0 nitrogen and oxygen atoms in total. The highest BCUT2D eigenvalue weighted by molar-refractivity contribution is 5.65. The number of hydrogen-bond donors (Lipinski definition) is 0. The van der Waals surface area contributed by atoms with Crippen molar-refractivity contribution < 1.29 is 4.39 Å². The zero-order chi connectivity index (χ0) is 12.5. The van der Waals surface area contributed by atoms with Crippen LogP contribution in [0, 0.1) is 5.82 Å². The third kappa shape index (κ3) is 2.38. The zero-order valence-electron chi connectivity index (χ0n) is 10.5. The van der Waals surface area contributed by atoms with Crippen LogP contribution < -0.4 is 0 Å². The van der Waals surface area contributed by atoms with Gasteiger partial charge in [-0.25, -0.2) is 4.39 Å². The first-order valence-corrected chi connectivity index (χ1v) is 5.84. The van der Waals surface area contributed by atoms with Crippen LogP contribution >= 0.6 is 0 Å². The lowest BCUT2D eigenvalue weighted by molar-refractivity contribution is 0.525. The summed E-state index contributed by atoms with van der Waals surface area (Å²) < 4.78 is 14.5. The Labute approximate surface area is 102 Å². The fraction of sp³-hybridized carbons (Fsp3) is 0.250. The van der Waals surface area contributed by atoms with E-state index in [2.05, 4.69) is 0 Å². The monoisotopic (exact) mass is 228 g/mol. The van der Waals surface area contributed by atoms with Crippen LogP contribution in [0.2, 0.25) is 0 Å². The van der Waals surface area contributed by atoms with Gasteiger partial charge < -0.3 is 0 Å². The third-order valence-corrected chi connectivity index (χ3v) is 2.89. The third-order valence-electron chi connectivity index (χ3n) is 2.89. The lowest BCUT2D eigenvalue weighted by Crippen LogP contribution is -2.13. The molecule has 0 unspecified atom stereocenters. The summed E-state index contributed by atoms with van der Waals surface area (Å²) in [4.78, 5) is 0. The fourth-order valence-corrected chi connectivity index (χ4v) is 1.95. The van der Waals surface area contributed by atoms with E-state index in [1.165, 1.54) is 0 Å². The summed E-state index contributed by atoms with van der Waals surface area (Å²) in [6, 6.07) is 15.3. The van der Waals surface area contributed by atoms with Crippen molar-refractivity contribution in [3.05, 3.63) is 59.9 Å². The molecule has 0 aromatic heterocycles. The molecule has 0 saturated heterocycles. The molecule has 1 heteroatoms. The molecule has 88 valence electrons. The van der Waals surface area contributed by atoms with Gasteiger partial charge in [-0.3, -0.25) is 0 Å². The minimum Gasteiger partial charge on any atom is -0.206 e. The number of benzene rings is 2. The van der Waals surface area contributed by atoms with Gasteiger partial charge in [-0.2, -0.15) is 0 Å². The standard InChI is InChI=1S/C16H17F/c1-16(2,3)14-11-7-10-13(15(14)17)12-8-5-4-6-9-12/h4-11H,1-3H3. The second-order valence-corrected chi connectivity index (χ2v) is 5.28. The smallest absolute Gasteiger partial charge is 0.134 e. The molecule has 0 fully saturated rings. The normalized spacial score (nSPS) is 11.5. The maximum Gasteiger partial charge on any atom is 0.134 e. The van der Waals surface area contributed by atoms with Gasteiger partial charge in [0.25, 0.3) is 0 Å². The molecule has 0 atom stereocenters. The van der Waals surface area contributed by atoms with Crippen molar-refractivity contribution in [1.29, 1.82) is 0 Å². The van der Waals surface area contributed by atoms with E-state index in [0.29, 0.717) is 5.56 Å². The van der Waals surface area contributed by atoms with Gasteiger partial charge >= 0.3 is 0 Å². The number of hydrogen-bond acceptors (Lipinski definition) is 0. The topological polar surface area (TPSA) is 0 Å². The molecule has 2 aromatic carbocycles. The predicted molar refractivity (Wildman–Crippen MR) is 70.5 cm³/mol. The van der Waals surface area contributed by atoms with Crippen LogP contribution in [-0.2, 0) is 5.41 Å². The minimum atomic E-state index is -0.172. The summed E-state index contributed by atoms with van der Waals surface area (Å²) in [7, 11) is 0.